The maximum absolute atomic E-state index is 11.0. The van der Waals surface area contributed by atoms with E-state index in [4.69, 9.17) is 0 Å². The zero-order valence-corrected chi connectivity index (χ0v) is 7.25. The average Bonchev–Trinajstić information content (AvgIpc) is 2.37. The summed E-state index contributed by atoms with van der Waals surface area (Å²) in [6.45, 7) is 1.05. The van der Waals surface area contributed by atoms with Gasteiger partial charge in [0.2, 0.25) is 12.3 Å². The molecule has 1 saturated heterocycles. The summed E-state index contributed by atoms with van der Waals surface area (Å²) in [5, 5.41) is 2.15. The molecular formula is C8H14N2O2. The van der Waals surface area contributed by atoms with Crippen LogP contribution in [0, 0.1) is 0 Å². The molecule has 4 heteroatoms. The number of hydrogen-bond donors (Lipinski definition) is 1. The van der Waals surface area contributed by atoms with Crippen LogP contribution in [0.4, 0.5) is 0 Å². The smallest absolute Gasteiger partial charge is 0.227 e. The summed E-state index contributed by atoms with van der Waals surface area (Å²) < 4.78 is 0. The van der Waals surface area contributed by atoms with Gasteiger partial charge in [-0.25, -0.2) is 0 Å². The van der Waals surface area contributed by atoms with Gasteiger partial charge in [-0.1, -0.05) is 0 Å². The molecule has 12 heavy (non-hydrogen) atoms. The Bertz CT molecular complexity index is 182. The molecule has 0 radical (unpaired) electrons. The SMILES string of the molecule is CN1CCCC1CC(=O)NC=O. The molecule has 1 heterocycles. The van der Waals surface area contributed by atoms with Crippen LogP contribution in [0.3, 0.4) is 0 Å². The number of nitrogens with zero attached hydrogens (tertiary/aromatic N) is 1. The lowest BCUT2D eigenvalue weighted by atomic mass is 10.1. The summed E-state index contributed by atoms with van der Waals surface area (Å²) in [6, 6.07) is 0.324. The van der Waals surface area contributed by atoms with Crippen LogP contribution in [-0.4, -0.2) is 36.9 Å². The van der Waals surface area contributed by atoms with Crippen LogP contribution < -0.4 is 5.32 Å². The lowest BCUT2D eigenvalue weighted by molar-refractivity contribution is -0.125. The van der Waals surface area contributed by atoms with E-state index in [1.807, 2.05) is 7.05 Å². The van der Waals surface area contributed by atoms with Gasteiger partial charge in [-0.2, -0.15) is 0 Å². The van der Waals surface area contributed by atoms with Crippen LogP contribution in [0.5, 0.6) is 0 Å². The van der Waals surface area contributed by atoms with Crippen molar-refractivity contribution >= 4 is 12.3 Å². The molecule has 0 saturated carbocycles. The van der Waals surface area contributed by atoms with Crippen molar-refractivity contribution in [2.45, 2.75) is 25.3 Å². The fraction of sp³-hybridized carbons (Fsp3) is 0.750. The van der Waals surface area contributed by atoms with Crippen molar-refractivity contribution in [2.75, 3.05) is 13.6 Å². The fourth-order valence-corrected chi connectivity index (χ4v) is 1.58. The summed E-state index contributed by atoms with van der Waals surface area (Å²) >= 11 is 0. The molecule has 68 valence electrons. The van der Waals surface area contributed by atoms with E-state index in [-0.39, 0.29) is 5.91 Å². The van der Waals surface area contributed by atoms with Crippen LogP contribution in [0.25, 0.3) is 0 Å². The zero-order valence-electron chi connectivity index (χ0n) is 7.25. The molecule has 1 N–H and O–H groups in total. The number of likely N-dealkylation sites (tertiary alicyclic amines) is 1. The van der Waals surface area contributed by atoms with E-state index in [2.05, 4.69) is 10.2 Å². The van der Waals surface area contributed by atoms with Gasteiger partial charge < -0.3 is 4.90 Å². The Kier molecular flexibility index (Phi) is 3.22. The fourth-order valence-electron chi connectivity index (χ4n) is 1.58. The third-order valence-electron chi connectivity index (χ3n) is 2.31. The molecule has 2 amide bonds. The van der Waals surface area contributed by atoms with Crippen molar-refractivity contribution in [3.63, 3.8) is 0 Å². The summed E-state index contributed by atoms with van der Waals surface area (Å²) in [6.07, 6.45) is 3.09. The molecule has 1 fully saturated rings. The Labute approximate surface area is 71.9 Å². The molecule has 1 rings (SSSR count). The Morgan fingerprint density at radius 3 is 3.00 bits per heavy atom. The van der Waals surface area contributed by atoms with Gasteiger partial charge in [-0.15, -0.1) is 0 Å². The molecule has 0 spiro atoms. The van der Waals surface area contributed by atoms with Crippen molar-refractivity contribution in [3.05, 3.63) is 0 Å². The third-order valence-corrected chi connectivity index (χ3v) is 2.31. The summed E-state index contributed by atoms with van der Waals surface area (Å²) in [5.74, 6) is -0.177. The van der Waals surface area contributed by atoms with Crippen molar-refractivity contribution in [1.82, 2.24) is 10.2 Å². The lowest BCUT2D eigenvalue weighted by Crippen LogP contribution is -2.32. The zero-order chi connectivity index (χ0) is 8.97. The molecule has 0 aliphatic carbocycles. The van der Waals surface area contributed by atoms with Gasteiger partial charge in [-0.05, 0) is 26.4 Å². The largest absolute Gasteiger partial charge is 0.303 e. The highest BCUT2D eigenvalue weighted by Crippen LogP contribution is 2.17. The van der Waals surface area contributed by atoms with Crippen LogP contribution in [0.2, 0.25) is 0 Å². The van der Waals surface area contributed by atoms with E-state index < -0.39 is 0 Å². The Morgan fingerprint density at radius 2 is 2.50 bits per heavy atom. The molecule has 4 nitrogen and oxygen atoms in total. The first-order chi connectivity index (χ1) is 5.74. The minimum Gasteiger partial charge on any atom is -0.303 e. The van der Waals surface area contributed by atoms with Gasteiger partial charge in [0.25, 0.3) is 0 Å². The van der Waals surface area contributed by atoms with Gasteiger partial charge in [0.1, 0.15) is 0 Å². The maximum atomic E-state index is 11.0. The highest BCUT2D eigenvalue weighted by molar-refractivity contribution is 5.86. The van der Waals surface area contributed by atoms with Gasteiger partial charge in [0.05, 0.1) is 0 Å². The van der Waals surface area contributed by atoms with E-state index in [1.165, 1.54) is 0 Å². The number of rotatable bonds is 3. The van der Waals surface area contributed by atoms with Crippen molar-refractivity contribution < 1.29 is 9.59 Å². The van der Waals surface area contributed by atoms with E-state index in [1.54, 1.807) is 0 Å². The quantitative estimate of drug-likeness (QED) is 0.594. The Balaban J connectivity index is 2.29. The third kappa shape index (κ3) is 2.30. The van der Waals surface area contributed by atoms with Crippen molar-refractivity contribution in [1.29, 1.82) is 0 Å². The van der Waals surface area contributed by atoms with E-state index in [0.717, 1.165) is 19.4 Å². The predicted octanol–water partition coefficient (Wildman–Crippen LogP) is -0.257. The molecular weight excluding hydrogens is 156 g/mol. The van der Waals surface area contributed by atoms with Gasteiger partial charge in [0, 0.05) is 12.5 Å². The number of nitrogens with one attached hydrogen (secondary N) is 1. The molecule has 0 aromatic heterocycles. The highest BCUT2D eigenvalue weighted by atomic mass is 16.2. The van der Waals surface area contributed by atoms with Crippen LogP contribution in [-0.2, 0) is 9.59 Å². The number of hydrogen-bond acceptors (Lipinski definition) is 3. The number of imide groups is 1. The second kappa shape index (κ2) is 4.21. The first kappa shape index (κ1) is 9.19. The lowest BCUT2D eigenvalue weighted by Gasteiger charge is -2.17. The monoisotopic (exact) mass is 170 g/mol. The van der Waals surface area contributed by atoms with Crippen LogP contribution in [0.15, 0.2) is 0 Å². The summed E-state index contributed by atoms with van der Waals surface area (Å²) in [7, 11) is 2.01. The van der Waals surface area contributed by atoms with E-state index >= 15 is 0 Å². The molecule has 0 aromatic rings. The maximum Gasteiger partial charge on any atom is 0.227 e. The normalized spacial score (nSPS) is 23.9. The first-order valence-electron chi connectivity index (χ1n) is 4.17. The second-order valence-electron chi connectivity index (χ2n) is 3.17. The van der Waals surface area contributed by atoms with Crippen molar-refractivity contribution in [3.8, 4) is 0 Å². The first-order valence-corrected chi connectivity index (χ1v) is 4.17. The highest BCUT2D eigenvalue weighted by Gasteiger charge is 2.22. The molecule has 1 unspecified atom stereocenters. The standard InChI is InChI=1S/C8H14N2O2/c1-10-4-2-3-7(10)5-8(12)9-6-11/h6-7H,2-5H2,1H3,(H,9,11,12). The minimum absolute atomic E-state index is 0.177. The van der Waals surface area contributed by atoms with Gasteiger partial charge in [-0.3, -0.25) is 14.9 Å². The van der Waals surface area contributed by atoms with Crippen LogP contribution in [0.1, 0.15) is 19.3 Å². The molecule has 0 aromatic carbocycles. The second-order valence-corrected chi connectivity index (χ2v) is 3.17. The Morgan fingerprint density at radius 1 is 1.75 bits per heavy atom. The minimum atomic E-state index is -0.177. The van der Waals surface area contributed by atoms with Crippen molar-refractivity contribution in [2.24, 2.45) is 0 Å². The Hall–Kier alpha value is -0.900. The number of carbonyl (C=O) groups excluding carboxylic acids is 2. The predicted molar refractivity (Wildman–Crippen MR) is 44.5 cm³/mol. The average molecular weight is 170 g/mol. The number of amides is 2. The van der Waals surface area contributed by atoms with E-state index in [0.29, 0.717) is 18.9 Å². The molecule has 0 bridgehead atoms. The topological polar surface area (TPSA) is 49.4 Å². The van der Waals surface area contributed by atoms with Gasteiger partial charge >= 0.3 is 0 Å². The van der Waals surface area contributed by atoms with Gasteiger partial charge in [0.15, 0.2) is 0 Å². The summed E-state index contributed by atoms with van der Waals surface area (Å²) in [5.41, 5.74) is 0. The van der Waals surface area contributed by atoms with E-state index in [9.17, 15) is 9.59 Å². The van der Waals surface area contributed by atoms with Crippen LogP contribution >= 0.6 is 0 Å². The summed E-state index contributed by atoms with van der Waals surface area (Å²) in [4.78, 5) is 23.1. The number of carbonyl (C=O) groups is 2. The molecule has 1 atom stereocenters. The molecule has 1 aliphatic rings. The molecule has 1 aliphatic heterocycles.